The highest BCUT2D eigenvalue weighted by atomic mass is 35.5. The Morgan fingerprint density at radius 2 is 1.57 bits per heavy atom. The molecule has 0 radical (unpaired) electrons. The summed E-state index contributed by atoms with van der Waals surface area (Å²) >= 11 is 21.0. The Morgan fingerprint density at radius 1 is 0.900 bits per heavy atom. The van der Waals surface area contributed by atoms with Gasteiger partial charge in [0, 0.05) is 14.8 Å². The van der Waals surface area contributed by atoms with Gasteiger partial charge in [-0.1, -0.05) is 64.8 Å². The van der Waals surface area contributed by atoms with Gasteiger partial charge in [-0.2, -0.15) is 0 Å². The van der Waals surface area contributed by atoms with E-state index in [4.69, 9.17) is 34.8 Å². The van der Waals surface area contributed by atoms with Gasteiger partial charge in [-0.05, 0) is 71.9 Å². The highest BCUT2D eigenvalue weighted by molar-refractivity contribution is 8.18. The van der Waals surface area contributed by atoms with Gasteiger partial charge in [0.15, 0.2) is 5.17 Å². The predicted octanol–water partition coefficient (Wildman–Crippen LogP) is 7.69. The van der Waals surface area contributed by atoms with Crippen LogP contribution < -0.4 is 5.32 Å². The van der Waals surface area contributed by atoms with Crippen molar-refractivity contribution < 1.29 is 4.79 Å². The SMILES string of the molecule is O=C1NC(=Nc2cccc(Cl)c2Cl)S/C1=C\c1ccc(Sc2ccc(Cl)cc2)cc1. The number of carbonyl (C=O) groups is 1. The van der Waals surface area contributed by atoms with Gasteiger partial charge in [0.05, 0.1) is 20.6 Å². The van der Waals surface area contributed by atoms with Gasteiger partial charge in [-0.15, -0.1) is 0 Å². The molecule has 1 amide bonds. The number of amidine groups is 1. The lowest BCUT2D eigenvalue weighted by Crippen LogP contribution is -2.19. The Morgan fingerprint density at radius 3 is 2.27 bits per heavy atom. The number of carbonyl (C=O) groups excluding carboxylic acids is 1. The Kier molecular flexibility index (Phi) is 6.76. The number of hydrogen-bond donors (Lipinski definition) is 1. The second-order valence-electron chi connectivity index (χ2n) is 6.18. The van der Waals surface area contributed by atoms with E-state index in [0.717, 1.165) is 15.4 Å². The first-order valence-electron chi connectivity index (χ1n) is 8.75. The van der Waals surface area contributed by atoms with E-state index in [2.05, 4.69) is 10.3 Å². The van der Waals surface area contributed by atoms with Gasteiger partial charge in [0.25, 0.3) is 5.91 Å². The van der Waals surface area contributed by atoms with Crippen molar-refractivity contribution in [3.05, 3.63) is 92.3 Å². The molecule has 3 nitrogen and oxygen atoms in total. The summed E-state index contributed by atoms with van der Waals surface area (Å²) in [6.07, 6.45) is 1.83. The van der Waals surface area contributed by atoms with Gasteiger partial charge >= 0.3 is 0 Å². The monoisotopic (exact) mass is 490 g/mol. The molecule has 3 aromatic carbocycles. The van der Waals surface area contributed by atoms with Crippen LogP contribution in [0, 0.1) is 0 Å². The molecule has 0 bridgehead atoms. The van der Waals surface area contributed by atoms with Gasteiger partial charge in [0.2, 0.25) is 0 Å². The fourth-order valence-corrected chi connectivity index (χ4v) is 4.71. The predicted molar refractivity (Wildman–Crippen MR) is 129 cm³/mol. The lowest BCUT2D eigenvalue weighted by molar-refractivity contribution is -0.115. The highest BCUT2D eigenvalue weighted by Gasteiger charge is 2.24. The quantitative estimate of drug-likeness (QED) is 0.380. The van der Waals surface area contributed by atoms with Crippen molar-refractivity contribution >= 4 is 81.2 Å². The van der Waals surface area contributed by atoms with Crippen LogP contribution in [0.25, 0.3) is 6.08 Å². The summed E-state index contributed by atoms with van der Waals surface area (Å²) in [5.74, 6) is -0.198. The molecule has 0 atom stereocenters. The Labute approximate surface area is 197 Å². The minimum Gasteiger partial charge on any atom is -0.300 e. The first-order chi connectivity index (χ1) is 14.5. The normalized spacial score (nSPS) is 16.3. The molecule has 1 aliphatic heterocycles. The van der Waals surface area contributed by atoms with Crippen molar-refractivity contribution in [3.63, 3.8) is 0 Å². The van der Waals surface area contributed by atoms with Crippen molar-refractivity contribution in [2.24, 2.45) is 4.99 Å². The number of aliphatic imine (C=N–C) groups is 1. The maximum atomic E-state index is 12.3. The van der Waals surface area contributed by atoms with Gasteiger partial charge in [-0.25, -0.2) is 4.99 Å². The lowest BCUT2D eigenvalue weighted by atomic mass is 10.2. The first-order valence-corrected chi connectivity index (χ1v) is 11.5. The molecule has 1 saturated heterocycles. The molecule has 0 saturated carbocycles. The summed E-state index contributed by atoms with van der Waals surface area (Å²) in [5.41, 5.74) is 1.44. The third-order valence-corrected chi connectivity index (χ3v) is 7.02. The zero-order chi connectivity index (χ0) is 21.1. The number of nitrogens with zero attached hydrogens (tertiary/aromatic N) is 1. The standard InChI is InChI=1S/C22H13Cl3N2OS2/c23-14-6-10-16(11-7-14)29-15-8-4-13(5-9-15)12-19-21(28)27-22(30-19)26-18-3-1-2-17(24)20(18)25/h1-12H,(H,26,27,28)/b19-12-. The highest BCUT2D eigenvalue weighted by Crippen LogP contribution is 2.35. The summed E-state index contributed by atoms with van der Waals surface area (Å²) in [6, 6.07) is 20.9. The number of hydrogen-bond acceptors (Lipinski definition) is 4. The third kappa shape index (κ3) is 5.23. The summed E-state index contributed by atoms with van der Waals surface area (Å²) < 4.78 is 0. The topological polar surface area (TPSA) is 41.5 Å². The Balaban J connectivity index is 1.48. The second kappa shape index (κ2) is 9.50. The number of benzene rings is 3. The largest absolute Gasteiger partial charge is 0.300 e. The molecule has 0 aromatic heterocycles. The van der Waals surface area contributed by atoms with Crippen molar-refractivity contribution in [2.75, 3.05) is 0 Å². The number of amides is 1. The van der Waals surface area contributed by atoms with E-state index >= 15 is 0 Å². The molecule has 0 unspecified atom stereocenters. The Bertz CT molecular complexity index is 1160. The molecule has 150 valence electrons. The van der Waals surface area contributed by atoms with Crippen LogP contribution in [0.4, 0.5) is 5.69 Å². The maximum absolute atomic E-state index is 12.3. The molecule has 1 N–H and O–H groups in total. The van der Waals surface area contributed by atoms with E-state index in [1.165, 1.54) is 11.8 Å². The zero-order valence-corrected chi connectivity index (χ0v) is 19.1. The van der Waals surface area contributed by atoms with Crippen LogP contribution in [0.3, 0.4) is 0 Å². The summed E-state index contributed by atoms with van der Waals surface area (Å²) in [5, 5.41) is 4.71. The van der Waals surface area contributed by atoms with Gasteiger partial charge < -0.3 is 5.32 Å². The van der Waals surface area contributed by atoms with E-state index in [1.807, 2.05) is 54.6 Å². The van der Waals surface area contributed by atoms with Crippen LogP contribution in [-0.2, 0) is 4.79 Å². The smallest absolute Gasteiger partial charge is 0.264 e. The molecule has 1 aliphatic rings. The van der Waals surface area contributed by atoms with E-state index in [1.54, 1.807) is 30.0 Å². The molecule has 8 heteroatoms. The molecule has 0 aliphatic carbocycles. The van der Waals surface area contributed by atoms with Crippen molar-refractivity contribution in [2.45, 2.75) is 9.79 Å². The summed E-state index contributed by atoms with van der Waals surface area (Å²) in [6.45, 7) is 0. The average molecular weight is 492 g/mol. The molecule has 3 aromatic rings. The van der Waals surface area contributed by atoms with Crippen LogP contribution in [0.5, 0.6) is 0 Å². The molecule has 30 heavy (non-hydrogen) atoms. The van der Waals surface area contributed by atoms with Crippen LogP contribution in [0.1, 0.15) is 5.56 Å². The number of halogens is 3. The molecule has 1 fully saturated rings. The van der Waals surface area contributed by atoms with Crippen LogP contribution in [-0.4, -0.2) is 11.1 Å². The van der Waals surface area contributed by atoms with Crippen LogP contribution >= 0.6 is 58.3 Å². The van der Waals surface area contributed by atoms with E-state index in [0.29, 0.717) is 30.8 Å². The molecular weight excluding hydrogens is 479 g/mol. The first kappa shape index (κ1) is 21.3. The van der Waals surface area contributed by atoms with Crippen molar-refractivity contribution in [1.29, 1.82) is 0 Å². The van der Waals surface area contributed by atoms with Crippen molar-refractivity contribution in [1.82, 2.24) is 5.32 Å². The van der Waals surface area contributed by atoms with E-state index in [9.17, 15) is 4.79 Å². The maximum Gasteiger partial charge on any atom is 0.264 e. The average Bonchev–Trinajstić information content (AvgIpc) is 3.07. The van der Waals surface area contributed by atoms with Crippen LogP contribution in [0.2, 0.25) is 15.1 Å². The van der Waals surface area contributed by atoms with E-state index in [-0.39, 0.29) is 5.91 Å². The molecule has 4 rings (SSSR count). The second-order valence-corrected chi connectivity index (χ2v) is 9.58. The van der Waals surface area contributed by atoms with Gasteiger partial charge in [0.1, 0.15) is 0 Å². The summed E-state index contributed by atoms with van der Waals surface area (Å²) in [7, 11) is 0. The fraction of sp³-hybridized carbons (Fsp3) is 0. The summed E-state index contributed by atoms with van der Waals surface area (Å²) in [4.78, 5) is 19.5. The third-order valence-electron chi connectivity index (χ3n) is 4.03. The minimum atomic E-state index is -0.198. The fourth-order valence-electron chi connectivity index (χ4n) is 2.59. The molecule has 0 spiro atoms. The van der Waals surface area contributed by atoms with Gasteiger partial charge in [-0.3, -0.25) is 4.79 Å². The van der Waals surface area contributed by atoms with Crippen molar-refractivity contribution in [3.8, 4) is 0 Å². The minimum absolute atomic E-state index is 0.198. The Hall–Kier alpha value is -1.89. The molecular formula is C22H13Cl3N2OS2. The molecule has 1 heterocycles. The zero-order valence-electron chi connectivity index (χ0n) is 15.2. The number of rotatable bonds is 4. The van der Waals surface area contributed by atoms with E-state index < -0.39 is 0 Å². The lowest BCUT2D eigenvalue weighted by Gasteiger charge is -2.03. The number of nitrogens with one attached hydrogen (secondary N) is 1. The number of thioether (sulfide) groups is 1. The van der Waals surface area contributed by atoms with Crippen LogP contribution in [0.15, 0.2) is 86.4 Å².